The zero-order valence-corrected chi connectivity index (χ0v) is 9.91. The third-order valence-electron chi connectivity index (χ3n) is 2.86. The zero-order chi connectivity index (χ0) is 13.2. The highest BCUT2D eigenvalue weighted by molar-refractivity contribution is 5.86. The lowest BCUT2D eigenvalue weighted by Gasteiger charge is -2.26. The molecule has 96 valence electrons. The molecule has 0 aliphatic carbocycles. The molecule has 0 saturated heterocycles. The summed E-state index contributed by atoms with van der Waals surface area (Å²) in [6.45, 7) is 0.342. The minimum absolute atomic E-state index is 0.0593. The van der Waals surface area contributed by atoms with E-state index in [-0.39, 0.29) is 11.7 Å². The molecule has 0 amide bonds. The molecule has 0 N–H and O–H groups in total. The number of benzene rings is 1. The van der Waals surface area contributed by atoms with Gasteiger partial charge in [-0.3, -0.25) is 4.98 Å². The molecule has 5 heteroatoms. The van der Waals surface area contributed by atoms with E-state index < -0.39 is 5.97 Å². The molecular formula is C14H10NO4-. The summed E-state index contributed by atoms with van der Waals surface area (Å²) in [5, 5.41) is 10.8. The molecule has 1 aliphatic heterocycles. The predicted molar refractivity (Wildman–Crippen MR) is 63.9 cm³/mol. The second-order valence-electron chi connectivity index (χ2n) is 4.12. The summed E-state index contributed by atoms with van der Waals surface area (Å²) >= 11 is 0. The van der Waals surface area contributed by atoms with Crippen molar-refractivity contribution in [1.82, 2.24) is 4.98 Å². The number of aromatic carboxylic acids is 1. The summed E-state index contributed by atoms with van der Waals surface area (Å²) < 4.78 is 11.3. The van der Waals surface area contributed by atoms with E-state index in [1.165, 1.54) is 12.1 Å². The van der Waals surface area contributed by atoms with Crippen molar-refractivity contribution in [3.05, 3.63) is 53.9 Å². The van der Waals surface area contributed by atoms with Crippen LogP contribution < -0.4 is 14.6 Å². The Labute approximate surface area is 109 Å². The Bertz CT molecular complexity index is 612. The number of pyridine rings is 1. The molecule has 0 spiro atoms. The molecule has 0 bridgehead atoms. The Morgan fingerprint density at radius 3 is 2.89 bits per heavy atom. The van der Waals surface area contributed by atoms with Gasteiger partial charge in [-0.15, -0.1) is 0 Å². The Kier molecular flexibility index (Phi) is 2.79. The highest BCUT2D eigenvalue weighted by Gasteiger charge is 2.23. The molecule has 1 aromatic carbocycles. The molecule has 2 heterocycles. The molecule has 19 heavy (non-hydrogen) atoms. The number of carbonyl (C=O) groups is 1. The standard InChI is InChI=1S/C14H11NO4/c16-14(17)9-4-5-11-12(7-9)19-13(8-18-11)10-3-1-2-6-15-10/h1-7,13H,8H2,(H,16,17)/p-1. The van der Waals surface area contributed by atoms with Crippen molar-refractivity contribution in [1.29, 1.82) is 0 Å². The first-order valence-corrected chi connectivity index (χ1v) is 5.80. The van der Waals surface area contributed by atoms with E-state index in [0.717, 1.165) is 5.69 Å². The van der Waals surface area contributed by atoms with Gasteiger partial charge >= 0.3 is 0 Å². The summed E-state index contributed by atoms with van der Waals surface area (Å²) in [6, 6.07) is 9.91. The van der Waals surface area contributed by atoms with Crippen molar-refractivity contribution in [2.24, 2.45) is 0 Å². The Morgan fingerprint density at radius 1 is 1.26 bits per heavy atom. The topological polar surface area (TPSA) is 71.5 Å². The minimum atomic E-state index is -1.24. The maximum atomic E-state index is 10.8. The van der Waals surface area contributed by atoms with E-state index in [2.05, 4.69) is 4.98 Å². The SMILES string of the molecule is O=C([O-])c1ccc2c(c1)OC(c1ccccn1)CO2. The lowest BCUT2D eigenvalue weighted by molar-refractivity contribution is -0.255. The first kappa shape index (κ1) is 11.5. The van der Waals surface area contributed by atoms with Crippen LogP contribution in [0.1, 0.15) is 22.2 Å². The number of carboxylic acid groups (broad SMARTS) is 1. The Morgan fingerprint density at radius 2 is 2.16 bits per heavy atom. The number of carbonyl (C=O) groups excluding carboxylic acids is 1. The van der Waals surface area contributed by atoms with Gasteiger partial charge in [-0.1, -0.05) is 6.07 Å². The van der Waals surface area contributed by atoms with Gasteiger partial charge in [0.05, 0.1) is 11.7 Å². The molecule has 1 unspecified atom stereocenters. The molecular weight excluding hydrogens is 246 g/mol. The monoisotopic (exact) mass is 256 g/mol. The molecule has 1 aromatic heterocycles. The summed E-state index contributed by atoms with van der Waals surface area (Å²) in [5.41, 5.74) is 0.802. The van der Waals surface area contributed by atoms with Gasteiger partial charge in [0.1, 0.15) is 6.61 Å². The fourth-order valence-electron chi connectivity index (χ4n) is 1.91. The van der Waals surface area contributed by atoms with Gasteiger partial charge in [-0.25, -0.2) is 0 Å². The van der Waals surface area contributed by atoms with Crippen LogP contribution in [0.2, 0.25) is 0 Å². The summed E-state index contributed by atoms with van der Waals surface area (Å²) in [7, 11) is 0. The van der Waals surface area contributed by atoms with Crippen molar-refractivity contribution in [2.75, 3.05) is 6.61 Å². The zero-order valence-electron chi connectivity index (χ0n) is 9.91. The third kappa shape index (κ3) is 2.22. The molecule has 1 aliphatic rings. The quantitative estimate of drug-likeness (QED) is 0.800. The molecule has 3 rings (SSSR count). The van der Waals surface area contributed by atoms with Gasteiger partial charge in [-0.2, -0.15) is 0 Å². The molecule has 0 saturated carbocycles. The van der Waals surface area contributed by atoms with Crippen molar-refractivity contribution >= 4 is 5.97 Å². The van der Waals surface area contributed by atoms with E-state index in [1.54, 1.807) is 12.3 Å². The lowest BCUT2D eigenvalue weighted by atomic mass is 10.1. The molecule has 2 aromatic rings. The number of hydrogen-bond acceptors (Lipinski definition) is 5. The second-order valence-corrected chi connectivity index (χ2v) is 4.12. The van der Waals surface area contributed by atoms with Crippen LogP contribution in [0.25, 0.3) is 0 Å². The molecule has 0 fully saturated rings. The maximum Gasteiger partial charge on any atom is 0.174 e. The van der Waals surface area contributed by atoms with E-state index in [1.807, 2.05) is 18.2 Å². The smallest absolute Gasteiger partial charge is 0.174 e. The average Bonchev–Trinajstić information content (AvgIpc) is 2.47. The second kappa shape index (κ2) is 4.61. The van der Waals surface area contributed by atoms with E-state index in [0.29, 0.717) is 18.1 Å². The van der Waals surface area contributed by atoms with Gasteiger partial charge in [0.2, 0.25) is 0 Å². The van der Waals surface area contributed by atoms with Crippen molar-refractivity contribution in [2.45, 2.75) is 6.10 Å². The summed E-state index contributed by atoms with van der Waals surface area (Å²) in [4.78, 5) is 15.0. The molecule has 5 nitrogen and oxygen atoms in total. The number of aromatic nitrogens is 1. The van der Waals surface area contributed by atoms with Crippen LogP contribution in [0.3, 0.4) is 0 Å². The van der Waals surface area contributed by atoms with Crippen LogP contribution >= 0.6 is 0 Å². The predicted octanol–water partition coefficient (Wildman–Crippen LogP) is 0.958. The number of ether oxygens (including phenoxy) is 2. The third-order valence-corrected chi connectivity index (χ3v) is 2.86. The van der Waals surface area contributed by atoms with Crippen LogP contribution in [-0.4, -0.2) is 17.6 Å². The highest BCUT2D eigenvalue weighted by Crippen LogP contribution is 2.36. The van der Waals surface area contributed by atoms with Crippen LogP contribution in [-0.2, 0) is 0 Å². The Hall–Kier alpha value is -2.56. The van der Waals surface area contributed by atoms with Crippen molar-refractivity contribution in [3.8, 4) is 11.5 Å². The lowest BCUT2D eigenvalue weighted by Crippen LogP contribution is -2.25. The van der Waals surface area contributed by atoms with Gasteiger partial charge < -0.3 is 19.4 Å². The number of hydrogen-bond donors (Lipinski definition) is 0. The first-order chi connectivity index (χ1) is 9.24. The number of fused-ring (bicyclic) bond motifs is 1. The average molecular weight is 256 g/mol. The van der Waals surface area contributed by atoms with E-state index in [9.17, 15) is 9.90 Å². The fraction of sp³-hybridized carbons (Fsp3) is 0.143. The Balaban J connectivity index is 1.90. The fourth-order valence-corrected chi connectivity index (χ4v) is 1.91. The van der Waals surface area contributed by atoms with E-state index >= 15 is 0 Å². The number of rotatable bonds is 2. The van der Waals surface area contributed by atoms with E-state index in [4.69, 9.17) is 9.47 Å². The maximum absolute atomic E-state index is 10.8. The van der Waals surface area contributed by atoms with Crippen LogP contribution in [0, 0.1) is 0 Å². The van der Waals surface area contributed by atoms with Gasteiger partial charge in [-0.05, 0) is 30.3 Å². The first-order valence-electron chi connectivity index (χ1n) is 5.80. The minimum Gasteiger partial charge on any atom is -0.545 e. The van der Waals surface area contributed by atoms with Crippen molar-refractivity contribution in [3.63, 3.8) is 0 Å². The van der Waals surface area contributed by atoms with Gasteiger partial charge in [0.25, 0.3) is 0 Å². The van der Waals surface area contributed by atoms with Gasteiger partial charge in [0, 0.05) is 11.8 Å². The number of nitrogens with zero attached hydrogens (tertiary/aromatic N) is 1. The number of carboxylic acids is 1. The largest absolute Gasteiger partial charge is 0.545 e. The van der Waals surface area contributed by atoms with Crippen LogP contribution in [0.4, 0.5) is 0 Å². The molecule has 1 atom stereocenters. The van der Waals surface area contributed by atoms with Crippen LogP contribution in [0.5, 0.6) is 11.5 Å². The van der Waals surface area contributed by atoms with Gasteiger partial charge in [0.15, 0.2) is 17.6 Å². The van der Waals surface area contributed by atoms with Crippen molar-refractivity contribution < 1.29 is 19.4 Å². The summed E-state index contributed by atoms with van der Waals surface area (Å²) in [6.07, 6.45) is 1.33. The normalized spacial score (nSPS) is 16.9. The molecule has 0 radical (unpaired) electrons. The van der Waals surface area contributed by atoms with Crippen LogP contribution in [0.15, 0.2) is 42.6 Å². The highest BCUT2D eigenvalue weighted by atomic mass is 16.6. The summed E-state index contributed by atoms with van der Waals surface area (Å²) in [5.74, 6) is -0.327.